The molecule has 4 aromatic rings. The first kappa shape index (κ1) is 21.2. The molecule has 32 heavy (non-hydrogen) atoms. The number of rotatable bonds is 8. The number of nitro benzene ring substituents is 1. The summed E-state index contributed by atoms with van der Waals surface area (Å²) < 4.78 is 13.5. The number of halogens is 1. The maximum absolute atomic E-state index is 13.5. The molecule has 0 aliphatic heterocycles. The molecule has 2 aromatic carbocycles. The van der Waals surface area contributed by atoms with Gasteiger partial charge < -0.3 is 10.3 Å². The van der Waals surface area contributed by atoms with Crippen LogP contribution in [0.5, 0.6) is 0 Å². The Morgan fingerprint density at radius 2 is 1.97 bits per heavy atom. The lowest BCUT2D eigenvalue weighted by molar-refractivity contribution is -0.384. The van der Waals surface area contributed by atoms with Gasteiger partial charge >= 0.3 is 0 Å². The number of amides is 1. The second-order valence-corrected chi connectivity index (χ2v) is 7.46. The topological polar surface area (TPSA) is 101 Å². The molecule has 8 heteroatoms. The van der Waals surface area contributed by atoms with Crippen LogP contribution in [-0.2, 0) is 11.2 Å². The predicted octanol–water partition coefficient (Wildman–Crippen LogP) is 4.49. The molecule has 0 fully saturated rings. The van der Waals surface area contributed by atoms with Crippen molar-refractivity contribution in [2.75, 3.05) is 6.54 Å². The predicted molar refractivity (Wildman–Crippen MR) is 119 cm³/mol. The summed E-state index contributed by atoms with van der Waals surface area (Å²) in [6.45, 7) is 0.436. The van der Waals surface area contributed by atoms with Gasteiger partial charge in [-0.15, -0.1) is 0 Å². The van der Waals surface area contributed by atoms with Crippen molar-refractivity contribution in [3.05, 3.63) is 106 Å². The highest BCUT2D eigenvalue weighted by Crippen LogP contribution is 2.35. The minimum absolute atomic E-state index is 0.0315. The molecule has 7 nitrogen and oxygen atoms in total. The fraction of sp³-hybridized carbons (Fsp3) is 0.167. The molecule has 0 aliphatic carbocycles. The van der Waals surface area contributed by atoms with Gasteiger partial charge in [-0.25, -0.2) is 4.39 Å². The van der Waals surface area contributed by atoms with Crippen molar-refractivity contribution >= 4 is 22.5 Å². The molecule has 1 atom stereocenters. The second kappa shape index (κ2) is 9.38. The number of aromatic amines is 1. The van der Waals surface area contributed by atoms with E-state index in [2.05, 4.69) is 15.3 Å². The third-order valence-electron chi connectivity index (χ3n) is 5.37. The summed E-state index contributed by atoms with van der Waals surface area (Å²) in [5.41, 5.74) is 3.07. The van der Waals surface area contributed by atoms with Crippen molar-refractivity contribution in [3.63, 3.8) is 0 Å². The molecule has 2 N–H and O–H groups in total. The van der Waals surface area contributed by atoms with E-state index in [9.17, 15) is 19.3 Å². The van der Waals surface area contributed by atoms with E-state index in [1.807, 2.05) is 18.2 Å². The zero-order valence-electron chi connectivity index (χ0n) is 17.1. The molecule has 0 unspecified atom stereocenters. The summed E-state index contributed by atoms with van der Waals surface area (Å²) in [5, 5.41) is 14.8. The highest BCUT2D eigenvalue weighted by molar-refractivity contribution is 5.87. The van der Waals surface area contributed by atoms with E-state index in [4.69, 9.17) is 0 Å². The van der Waals surface area contributed by atoms with Crippen LogP contribution in [0.15, 0.2) is 73.1 Å². The zero-order valence-corrected chi connectivity index (χ0v) is 17.1. The Labute approximate surface area is 183 Å². The molecule has 0 aliphatic rings. The number of H-pyrrole nitrogens is 1. The number of pyridine rings is 1. The van der Waals surface area contributed by atoms with Crippen LogP contribution >= 0.6 is 0 Å². The highest BCUT2D eigenvalue weighted by atomic mass is 19.1. The number of aromatic nitrogens is 2. The summed E-state index contributed by atoms with van der Waals surface area (Å²) in [7, 11) is 0. The maximum atomic E-state index is 13.5. The second-order valence-electron chi connectivity index (χ2n) is 7.46. The molecule has 4 rings (SSSR count). The first-order valence-electron chi connectivity index (χ1n) is 10.2. The summed E-state index contributed by atoms with van der Waals surface area (Å²) >= 11 is 0. The van der Waals surface area contributed by atoms with E-state index in [0.29, 0.717) is 18.4 Å². The lowest BCUT2D eigenvalue weighted by Gasteiger charge is -2.17. The van der Waals surface area contributed by atoms with Crippen molar-refractivity contribution < 1.29 is 14.1 Å². The summed E-state index contributed by atoms with van der Waals surface area (Å²) in [5.74, 6) is -0.946. The number of nitrogens with one attached hydrogen (secondary N) is 2. The smallest absolute Gasteiger partial charge is 0.270 e. The molecular weight excluding hydrogens is 411 g/mol. The van der Waals surface area contributed by atoms with Crippen LogP contribution in [0, 0.1) is 15.9 Å². The van der Waals surface area contributed by atoms with Crippen LogP contribution in [0.25, 0.3) is 10.9 Å². The minimum Gasteiger partial charge on any atom is -0.361 e. The van der Waals surface area contributed by atoms with Gasteiger partial charge in [0.1, 0.15) is 5.82 Å². The molecule has 162 valence electrons. The number of carbonyl (C=O) groups is 1. The Morgan fingerprint density at radius 1 is 1.16 bits per heavy atom. The van der Waals surface area contributed by atoms with Gasteiger partial charge in [-0.2, -0.15) is 0 Å². The highest BCUT2D eigenvalue weighted by Gasteiger charge is 2.23. The van der Waals surface area contributed by atoms with E-state index >= 15 is 0 Å². The largest absolute Gasteiger partial charge is 0.361 e. The third-order valence-corrected chi connectivity index (χ3v) is 5.37. The average molecular weight is 432 g/mol. The number of benzene rings is 2. The molecule has 1 amide bonds. The van der Waals surface area contributed by atoms with E-state index in [1.54, 1.807) is 30.6 Å². The average Bonchev–Trinajstić information content (AvgIpc) is 3.22. The molecule has 0 spiro atoms. The maximum Gasteiger partial charge on any atom is 0.270 e. The Bertz CT molecular complexity index is 1240. The molecule has 0 radical (unpaired) electrons. The number of hydrogen-bond acceptors (Lipinski definition) is 4. The third kappa shape index (κ3) is 4.80. The zero-order chi connectivity index (χ0) is 22.5. The number of nitrogens with zero attached hydrogens (tertiary/aromatic N) is 2. The first-order chi connectivity index (χ1) is 15.5. The molecular formula is C24H21FN4O3. The lowest BCUT2D eigenvalue weighted by atomic mass is 9.88. The quantitative estimate of drug-likeness (QED) is 0.316. The van der Waals surface area contributed by atoms with Crippen LogP contribution in [-0.4, -0.2) is 27.3 Å². The Hall–Kier alpha value is -4.07. The van der Waals surface area contributed by atoms with Crippen LogP contribution < -0.4 is 5.32 Å². The van der Waals surface area contributed by atoms with Gasteiger partial charge in [0.25, 0.3) is 5.69 Å². The minimum atomic E-state index is -0.451. The van der Waals surface area contributed by atoms with Gasteiger partial charge in [-0.3, -0.25) is 19.9 Å². The van der Waals surface area contributed by atoms with Gasteiger partial charge in [0.15, 0.2) is 0 Å². The number of fused-ring (bicyclic) bond motifs is 1. The van der Waals surface area contributed by atoms with E-state index in [0.717, 1.165) is 22.3 Å². The first-order valence-corrected chi connectivity index (χ1v) is 10.2. The molecule has 2 heterocycles. The Balaban J connectivity index is 1.59. The Kier molecular flexibility index (Phi) is 6.21. The van der Waals surface area contributed by atoms with Crippen molar-refractivity contribution in [1.29, 1.82) is 0 Å². The standard InChI is InChI=1S/C24H21FN4O3/c25-17-6-4-16(5-7-17)20(14-24(30)27-12-10-18-3-1-2-11-26-18)22-15-28-23-9-8-19(29(31)32)13-21(22)23/h1-9,11,13,15,20,28H,10,12,14H2,(H,27,30)/t20-/m1/s1. The molecule has 0 bridgehead atoms. The molecule has 0 saturated carbocycles. The van der Waals surface area contributed by atoms with Crippen LogP contribution in [0.4, 0.5) is 10.1 Å². The van der Waals surface area contributed by atoms with Gasteiger partial charge in [0.05, 0.1) is 4.92 Å². The van der Waals surface area contributed by atoms with Crippen LogP contribution in [0.2, 0.25) is 0 Å². The molecule has 2 aromatic heterocycles. The Morgan fingerprint density at radius 3 is 2.69 bits per heavy atom. The lowest BCUT2D eigenvalue weighted by Crippen LogP contribution is -2.27. The number of nitro groups is 1. The van der Waals surface area contributed by atoms with E-state index in [1.165, 1.54) is 24.3 Å². The van der Waals surface area contributed by atoms with Gasteiger partial charge in [-0.05, 0) is 41.5 Å². The number of non-ortho nitro benzene ring substituents is 1. The van der Waals surface area contributed by atoms with Crippen molar-refractivity contribution in [2.45, 2.75) is 18.8 Å². The van der Waals surface area contributed by atoms with E-state index in [-0.39, 0.29) is 23.8 Å². The van der Waals surface area contributed by atoms with E-state index < -0.39 is 10.8 Å². The summed E-state index contributed by atoms with van der Waals surface area (Å²) in [4.78, 5) is 30.9. The van der Waals surface area contributed by atoms with Crippen molar-refractivity contribution in [2.24, 2.45) is 0 Å². The number of carbonyl (C=O) groups excluding carboxylic acids is 1. The fourth-order valence-corrected chi connectivity index (χ4v) is 3.77. The van der Waals surface area contributed by atoms with Gasteiger partial charge in [0.2, 0.25) is 5.91 Å². The summed E-state index contributed by atoms with van der Waals surface area (Å²) in [6, 6.07) is 16.2. The van der Waals surface area contributed by atoms with Crippen LogP contribution in [0.1, 0.15) is 29.2 Å². The molecule has 0 saturated heterocycles. The van der Waals surface area contributed by atoms with Gasteiger partial charge in [0, 0.05) is 66.4 Å². The number of hydrogen-bond donors (Lipinski definition) is 2. The SMILES string of the molecule is O=C(C[C@H](c1ccc(F)cc1)c1c[nH]c2ccc([N+](=O)[O-])cc12)NCCc1ccccn1. The van der Waals surface area contributed by atoms with Crippen molar-refractivity contribution in [1.82, 2.24) is 15.3 Å². The monoisotopic (exact) mass is 432 g/mol. The normalized spacial score (nSPS) is 11.9. The fourth-order valence-electron chi connectivity index (χ4n) is 3.77. The van der Waals surface area contributed by atoms with Gasteiger partial charge in [-0.1, -0.05) is 18.2 Å². The van der Waals surface area contributed by atoms with Crippen LogP contribution in [0.3, 0.4) is 0 Å². The summed E-state index contributed by atoms with van der Waals surface area (Å²) in [6.07, 6.45) is 4.18. The van der Waals surface area contributed by atoms with Crippen molar-refractivity contribution in [3.8, 4) is 0 Å².